The molecule has 5 heteroatoms. The van der Waals surface area contributed by atoms with Gasteiger partial charge in [0.05, 0.1) is 26.0 Å². The number of methoxy groups -OCH3 is 2. The molecule has 4 aromatic carbocycles. The van der Waals surface area contributed by atoms with Crippen molar-refractivity contribution in [3.05, 3.63) is 114 Å². The van der Waals surface area contributed by atoms with Crippen molar-refractivity contribution in [1.29, 1.82) is 0 Å². The first kappa shape index (κ1) is 21.3. The Labute approximate surface area is 205 Å². The van der Waals surface area contributed by atoms with Crippen molar-refractivity contribution >= 4 is 5.71 Å². The van der Waals surface area contributed by atoms with E-state index in [0.29, 0.717) is 0 Å². The fourth-order valence-corrected chi connectivity index (χ4v) is 4.92. The molecular formula is C30H26N2O3. The molecule has 2 heterocycles. The van der Waals surface area contributed by atoms with E-state index in [-0.39, 0.29) is 12.3 Å². The average molecular weight is 463 g/mol. The Balaban J connectivity index is 1.39. The molecule has 0 fully saturated rings. The van der Waals surface area contributed by atoms with Crippen LogP contribution in [0, 0.1) is 0 Å². The highest BCUT2D eigenvalue weighted by atomic mass is 16.5. The van der Waals surface area contributed by atoms with Crippen LogP contribution in [0.3, 0.4) is 0 Å². The van der Waals surface area contributed by atoms with Crippen molar-refractivity contribution in [3.8, 4) is 28.4 Å². The van der Waals surface area contributed by atoms with Crippen molar-refractivity contribution in [3.63, 3.8) is 0 Å². The van der Waals surface area contributed by atoms with E-state index >= 15 is 0 Å². The Morgan fingerprint density at radius 2 is 1.54 bits per heavy atom. The lowest BCUT2D eigenvalue weighted by atomic mass is 9.95. The van der Waals surface area contributed by atoms with Gasteiger partial charge in [0, 0.05) is 29.2 Å². The largest absolute Gasteiger partial charge is 0.497 e. The summed E-state index contributed by atoms with van der Waals surface area (Å²) in [6.45, 7) is 0. The second-order valence-electron chi connectivity index (χ2n) is 8.71. The number of ether oxygens (including phenoxy) is 3. The van der Waals surface area contributed by atoms with Gasteiger partial charge in [0.1, 0.15) is 17.2 Å². The van der Waals surface area contributed by atoms with Gasteiger partial charge in [0.15, 0.2) is 0 Å². The molecule has 35 heavy (non-hydrogen) atoms. The van der Waals surface area contributed by atoms with E-state index in [4.69, 9.17) is 19.3 Å². The SMILES string of the molecule is COc1ccc(C2=NN3[C@@H](c4ccc(-c5ccccc5)cc4)Oc4ccccc4[C@@H]3C2)c(OC)c1. The van der Waals surface area contributed by atoms with Gasteiger partial charge in [-0.2, -0.15) is 5.10 Å². The number of rotatable bonds is 5. The van der Waals surface area contributed by atoms with E-state index < -0.39 is 0 Å². The number of para-hydroxylation sites is 1. The van der Waals surface area contributed by atoms with Crippen molar-refractivity contribution in [2.24, 2.45) is 5.10 Å². The number of benzene rings is 4. The lowest BCUT2D eigenvalue weighted by Gasteiger charge is -2.38. The predicted molar refractivity (Wildman–Crippen MR) is 137 cm³/mol. The minimum absolute atomic E-state index is 0.0838. The highest BCUT2D eigenvalue weighted by molar-refractivity contribution is 6.04. The van der Waals surface area contributed by atoms with E-state index in [1.807, 2.05) is 36.4 Å². The summed E-state index contributed by atoms with van der Waals surface area (Å²) < 4.78 is 17.6. The van der Waals surface area contributed by atoms with Crippen LogP contribution in [0.4, 0.5) is 0 Å². The third kappa shape index (κ3) is 3.79. The fraction of sp³-hybridized carbons (Fsp3) is 0.167. The molecule has 0 bridgehead atoms. The molecule has 6 rings (SSSR count). The summed E-state index contributed by atoms with van der Waals surface area (Å²) >= 11 is 0. The molecule has 0 amide bonds. The maximum atomic E-state index is 6.52. The number of hydrazone groups is 1. The first-order chi connectivity index (χ1) is 17.2. The van der Waals surface area contributed by atoms with E-state index in [2.05, 4.69) is 65.7 Å². The van der Waals surface area contributed by atoms with E-state index in [1.165, 1.54) is 11.1 Å². The lowest BCUT2D eigenvalue weighted by molar-refractivity contribution is -0.0190. The quantitative estimate of drug-likeness (QED) is 0.335. The monoisotopic (exact) mass is 462 g/mol. The van der Waals surface area contributed by atoms with Crippen LogP contribution in [0.2, 0.25) is 0 Å². The highest BCUT2D eigenvalue weighted by Gasteiger charge is 2.41. The molecule has 0 saturated heterocycles. The zero-order valence-corrected chi connectivity index (χ0v) is 19.7. The van der Waals surface area contributed by atoms with E-state index in [1.54, 1.807) is 14.2 Å². The van der Waals surface area contributed by atoms with Crippen LogP contribution in [-0.4, -0.2) is 24.9 Å². The summed E-state index contributed by atoms with van der Waals surface area (Å²) in [6, 6.07) is 33.2. The molecular weight excluding hydrogens is 436 g/mol. The molecule has 0 radical (unpaired) electrons. The minimum atomic E-state index is -0.318. The summed E-state index contributed by atoms with van der Waals surface area (Å²) in [5, 5.41) is 7.18. The standard InChI is InChI=1S/C30H26N2O3/c1-33-23-16-17-24(29(18-23)34-2)26-19-27-25-10-6-7-11-28(25)35-30(32(27)31-26)22-14-12-21(13-15-22)20-8-4-3-5-9-20/h3-18,27,30H,19H2,1-2H3/t27-,30+/m0/s1. The Morgan fingerprint density at radius 3 is 2.31 bits per heavy atom. The molecule has 174 valence electrons. The molecule has 4 aromatic rings. The Bertz CT molecular complexity index is 1380. The molecule has 2 atom stereocenters. The Hall–Kier alpha value is -4.25. The van der Waals surface area contributed by atoms with Crippen LogP contribution in [0.1, 0.15) is 35.4 Å². The van der Waals surface area contributed by atoms with Crippen LogP contribution in [-0.2, 0) is 0 Å². The van der Waals surface area contributed by atoms with Crippen LogP contribution < -0.4 is 14.2 Å². The molecule has 0 saturated carbocycles. The first-order valence-corrected chi connectivity index (χ1v) is 11.7. The van der Waals surface area contributed by atoms with Gasteiger partial charge in [0.25, 0.3) is 0 Å². The van der Waals surface area contributed by atoms with Crippen molar-refractivity contribution in [1.82, 2.24) is 5.01 Å². The van der Waals surface area contributed by atoms with Crippen LogP contribution in [0.25, 0.3) is 11.1 Å². The molecule has 0 aliphatic carbocycles. The van der Waals surface area contributed by atoms with Gasteiger partial charge in [0.2, 0.25) is 6.23 Å². The summed E-state index contributed by atoms with van der Waals surface area (Å²) in [7, 11) is 3.33. The molecule has 0 N–H and O–H groups in total. The molecule has 0 aromatic heterocycles. The third-order valence-corrected chi connectivity index (χ3v) is 6.72. The zero-order valence-electron chi connectivity index (χ0n) is 19.7. The Kier molecular flexibility index (Phi) is 5.38. The first-order valence-electron chi connectivity index (χ1n) is 11.7. The summed E-state index contributed by atoms with van der Waals surface area (Å²) in [6.07, 6.45) is 0.447. The van der Waals surface area contributed by atoms with Gasteiger partial charge in [-0.15, -0.1) is 0 Å². The van der Waals surface area contributed by atoms with Crippen LogP contribution in [0.15, 0.2) is 102 Å². The lowest BCUT2D eigenvalue weighted by Crippen LogP contribution is -2.33. The second-order valence-corrected chi connectivity index (χ2v) is 8.71. The Morgan fingerprint density at radius 1 is 0.800 bits per heavy atom. The molecule has 2 aliphatic rings. The number of fused-ring (bicyclic) bond motifs is 3. The normalized spacial score (nSPS) is 18.2. The van der Waals surface area contributed by atoms with Crippen molar-refractivity contribution in [2.75, 3.05) is 14.2 Å². The average Bonchev–Trinajstić information content (AvgIpc) is 3.38. The van der Waals surface area contributed by atoms with E-state index in [9.17, 15) is 0 Å². The third-order valence-electron chi connectivity index (χ3n) is 6.72. The summed E-state index contributed by atoms with van der Waals surface area (Å²) in [4.78, 5) is 0. The number of nitrogens with zero attached hydrogens (tertiary/aromatic N) is 2. The molecule has 2 aliphatic heterocycles. The predicted octanol–water partition coefficient (Wildman–Crippen LogP) is 6.61. The van der Waals surface area contributed by atoms with Crippen molar-refractivity contribution in [2.45, 2.75) is 18.7 Å². The fourth-order valence-electron chi connectivity index (χ4n) is 4.92. The minimum Gasteiger partial charge on any atom is -0.497 e. The van der Waals surface area contributed by atoms with Crippen LogP contribution in [0.5, 0.6) is 17.2 Å². The van der Waals surface area contributed by atoms with Gasteiger partial charge in [-0.25, -0.2) is 5.01 Å². The van der Waals surface area contributed by atoms with Crippen molar-refractivity contribution < 1.29 is 14.2 Å². The zero-order chi connectivity index (χ0) is 23.8. The number of hydrogen-bond acceptors (Lipinski definition) is 5. The second kappa shape index (κ2) is 8.84. The summed E-state index contributed by atoms with van der Waals surface area (Å²) in [5.41, 5.74) is 6.53. The maximum Gasteiger partial charge on any atom is 0.213 e. The van der Waals surface area contributed by atoms with Gasteiger partial charge < -0.3 is 14.2 Å². The van der Waals surface area contributed by atoms with Gasteiger partial charge in [-0.05, 0) is 29.3 Å². The number of hydrogen-bond donors (Lipinski definition) is 0. The van der Waals surface area contributed by atoms with E-state index in [0.717, 1.165) is 46.1 Å². The smallest absolute Gasteiger partial charge is 0.213 e. The van der Waals surface area contributed by atoms with Gasteiger partial charge >= 0.3 is 0 Å². The van der Waals surface area contributed by atoms with Gasteiger partial charge in [-0.3, -0.25) is 0 Å². The van der Waals surface area contributed by atoms with Crippen LogP contribution >= 0.6 is 0 Å². The topological polar surface area (TPSA) is 43.3 Å². The summed E-state index contributed by atoms with van der Waals surface area (Å²) in [5.74, 6) is 2.41. The molecule has 0 spiro atoms. The molecule has 0 unspecified atom stereocenters. The molecule has 5 nitrogen and oxygen atoms in total. The van der Waals surface area contributed by atoms with Gasteiger partial charge in [-0.1, -0.05) is 72.8 Å². The highest BCUT2D eigenvalue weighted by Crippen LogP contribution is 2.48. The maximum absolute atomic E-state index is 6.52.